The number of aryl methyl sites for hydroxylation is 2. The van der Waals surface area contributed by atoms with Crippen molar-refractivity contribution in [2.45, 2.75) is 19.3 Å². The molecule has 0 bridgehead atoms. The van der Waals surface area contributed by atoms with Crippen LogP contribution >= 0.6 is 11.3 Å². The van der Waals surface area contributed by atoms with Crippen molar-refractivity contribution in [3.63, 3.8) is 0 Å². The lowest BCUT2D eigenvalue weighted by Crippen LogP contribution is -2.24. The van der Waals surface area contributed by atoms with Crippen LogP contribution in [-0.4, -0.2) is 22.7 Å². The Morgan fingerprint density at radius 3 is 2.65 bits per heavy atom. The van der Waals surface area contributed by atoms with Crippen LogP contribution in [0.3, 0.4) is 0 Å². The third kappa shape index (κ3) is 3.18. The second-order valence-corrected chi connectivity index (χ2v) is 7.50. The number of amides is 1. The van der Waals surface area contributed by atoms with E-state index in [9.17, 15) is 15.0 Å². The molecule has 0 spiro atoms. The fraction of sp³-hybridized carbons (Fsp3) is 0.190. The normalized spacial score (nSPS) is 12.3. The third-order valence-corrected chi connectivity index (χ3v) is 5.91. The molecule has 4 rings (SSSR count). The van der Waals surface area contributed by atoms with E-state index in [1.807, 2.05) is 12.1 Å². The van der Waals surface area contributed by atoms with Gasteiger partial charge >= 0.3 is 0 Å². The molecule has 1 aliphatic rings. The minimum absolute atomic E-state index is 0.0649. The summed E-state index contributed by atoms with van der Waals surface area (Å²) in [5, 5.41) is 21.8. The number of phenolic OH excluding ortho intramolecular Hbond substituents is 2. The van der Waals surface area contributed by atoms with E-state index >= 15 is 0 Å². The topological polar surface area (TPSA) is 69.6 Å². The lowest BCUT2D eigenvalue weighted by molar-refractivity contribution is 0.0958. The van der Waals surface area contributed by atoms with E-state index in [0.717, 1.165) is 23.3 Å². The summed E-state index contributed by atoms with van der Waals surface area (Å²) in [7, 11) is 0. The van der Waals surface area contributed by atoms with Gasteiger partial charge in [-0.25, -0.2) is 0 Å². The predicted octanol–water partition coefficient (Wildman–Crippen LogP) is 3.90. The molecule has 1 aliphatic carbocycles. The number of aromatic hydroxyl groups is 2. The standard InChI is InChI=1S/C21H19NO3S/c23-17-8-5-13(11-18(17)24)9-10-22-21(25)19-12-15-7-6-14-3-1-2-4-16(14)20(15)26-19/h1-5,8,11-12,23-24H,6-7,9-10H2,(H,22,25). The highest BCUT2D eigenvalue weighted by Gasteiger charge is 2.21. The maximum Gasteiger partial charge on any atom is 0.261 e. The molecule has 0 saturated carbocycles. The first-order chi connectivity index (χ1) is 12.6. The number of fused-ring (bicyclic) bond motifs is 3. The van der Waals surface area contributed by atoms with Gasteiger partial charge in [-0.1, -0.05) is 30.3 Å². The molecule has 1 amide bonds. The second-order valence-electron chi connectivity index (χ2n) is 6.45. The Hall–Kier alpha value is -2.79. The van der Waals surface area contributed by atoms with Crippen molar-refractivity contribution in [1.82, 2.24) is 5.32 Å². The molecule has 2 aromatic carbocycles. The van der Waals surface area contributed by atoms with Crippen LogP contribution in [0.4, 0.5) is 0 Å². The summed E-state index contributed by atoms with van der Waals surface area (Å²) >= 11 is 1.55. The Kier molecular flexibility index (Phi) is 4.39. The van der Waals surface area contributed by atoms with E-state index in [-0.39, 0.29) is 17.4 Å². The molecule has 0 radical (unpaired) electrons. The zero-order chi connectivity index (χ0) is 18.1. The van der Waals surface area contributed by atoms with E-state index in [1.165, 1.54) is 33.7 Å². The molecule has 3 N–H and O–H groups in total. The molecule has 1 aromatic heterocycles. The fourth-order valence-electron chi connectivity index (χ4n) is 3.32. The van der Waals surface area contributed by atoms with Crippen LogP contribution in [0.25, 0.3) is 10.4 Å². The summed E-state index contributed by atoms with van der Waals surface area (Å²) in [6.45, 7) is 0.474. The van der Waals surface area contributed by atoms with Crippen LogP contribution in [0.5, 0.6) is 11.5 Å². The van der Waals surface area contributed by atoms with Gasteiger partial charge in [0.15, 0.2) is 11.5 Å². The van der Waals surface area contributed by atoms with Crippen molar-refractivity contribution in [2.24, 2.45) is 0 Å². The Balaban J connectivity index is 1.43. The maximum atomic E-state index is 12.5. The van der Waals surface area contributed by atoms with E-state index in [1.54, 1.807) is 17.4 Å². The number of thiophene rings is 1. The first kappa shape index (κ1) is 16.7. The quantitative estimate of drug-likeness (QED) is 0.614. The molecule has 4 nitrogen and oxygen atoms in total. The van der Waals surface area contributed by atoms with Crippen LogP contribution in [0, 0.1) is 0 Å². The largest absolute Gasteiger partial charge is 0.504 e. The summed E-state index contributed by atoms with van der Waals surface area (Å²) in [5.74, 6) is -0.342. The summed E-state index contributed by atoms with van der Waals surface area (Å²) in [6, 6.07) is 15.1. The number of carbonyl (C=O) groups excluding carboxylic acids is 1. The first-order valence-corrected chi connectivity index (χ1v) is 9.43. The van der Waals surface area contributed by atoms with E-state index < -0.39 is 0 Å². The van der Waals surface area contributed by atoms with Crippen molar-refractivity contribution in [3.05, 3.63) is 70.1 Å². The van der Waals surface area contributed by atoms with Crippen LogP contribution in [0.15, 0.2) is 48.5 Å². The van der Waals surface area contributed by atoms with Gasteiger partial charge in [0.05, 0.1) is 4.88 Å². The Morgan fingerprint density at radius 2 is 1.81 bits per heavy atom. The monoisotopic (exact) mass is 365 g/mol. The summed E-state index contributed by atoms with van der Waals surface area (Å²) in [5.41, 5.74) is 4.71. The predicted molar refractivity (Wildman–Crippen MR) is 103 cm³/mol. The molecule has 0 atom stereocenters. The summed E-state index contributed by atoms with van der Waals surface area (Å²) in [4.78, 5) is 14.4. The molecule has 132 valence electrons. The van der Waals surface area contributed by atoms with Crippen LogP contribution < -0.4 is 5.32 Å². The van der Waals surface area contributed by atoms with E-state index in [0.29, 0.717) is 13.0 Å². The molecule has 0 fully saturated rings. The SMILES string of the molecule is O=C(NCCc1ccc(O)c(O)c1)c1cc2c(s1)-c1ccccc1CC2. The van der Waals surface area contributed by atoms with Gasteiger partial charge in [0, 0.05) is 11.4 Å². The van der Waals surface area contributed by atoms with Crippen molar-refractivity contribution < 1.29 is 15.0 Å². The minimum atomic E-state index is -0.140. The summed E-state index contributed by atoms with van der Waals surface area (Å²) < 4.78 is 0. The molecule has 3 aromatic rings. The van der Waals surface area contributed by atoms with Crippen LogP contribution in [0.1, 0.15) is 26.4 Å². The van der Waals surface area contributed by atoms with E-state index in [2.05, 4.69) is 23.5 Å². The third-order valence-electron chi connectivity index (χ3n) is 4.70. The van der Waals surface area contributed by atoms with Crippen molar-refractivity contribution in [2.75, 3.05) is 6.54 Å². The lowest BCUT2D eigenvalue weighted by Gasteiger charge is -2.15. The van der Waals surface area contributed by atoms with Gasteiger partial charge in [0.2, 0.25) is 0 Å². The molecule has 0 saturated heterocycles. The Bertz CT molecular complexity index is 977. The van der Waals surface area contributed by atoms with Crippen LogP contribution in [0.2, 0.25) is 0 Å². The average Bonchev–Trinajstić information content (AvgIpc) is 3.09. The van der Waals surface area contributed by atoms with Gasteiger partial charge < -0.3 is 15.5 Å². The average molecular weight is 365 g/mol. The van der Waals surface area contributed by atoms with Gasteiger partial charge in [-0.3, -0.25) is 4.79 Å². The zero-order valence-corrected chi connectivity index (χ0v) is 15.0. The minimum Gasteiger partial charge on any atom is -0.504 e. The molecule has 1 heterocycles. The number of phenols is 2. The number of carbonyl (C=O) groups is 1. The number of hydrogen-bond donors (Lipinski definition) is 3. The molecular formula is C21H19NO3S. The van der Waals surface area contributed by atoms with Crippen molar-refractivity contribution >= 4 is 17.2 Å². The fourth-order valence-corrected chi connectivity index (χ4v) is 4.50. The number of nitrogens with one attached hydrogen (secondary N) is 1. The molecule has 0 aliphatic heterocycles. The molecule has 0 unspecified atom stereocenters. The highest BCUT2D eigenvalue weighted by Crippen LogP contribution is 2.39. The highest BCUT2D eigenvalue weighted by atomic mass is 32.1. The lowest BCUT2D eigenvalue weighted by atomic mass is 9.91. The van der Waals surface area contributed by atoms with Crippen LogP contribution in [-0.2, 0) is 19.3 Å². The van der Waals surface area contributed by atoms with Gasteiger partial charge in [-0.2, -0.15) is 0 Å². The molecular weight excluding hydrogens is 346 g/mol. The van der Waals surface area contributed by atoms with Gasteiger partial charge in [-0.15, -0.1) is 11.3 Å². The van der Waals surface area contributed by atoms with Gasteiger partial charge in [0.1, 0.15) is 0 Å². The van der Waals surface area contributed by atoms with Crippen molar-refractivity contribution in [3.8, 4) is 21.9 Å². The summed E-state index contributed by atoms with van der Waals surface area (Å²) in [6.07, 6.45) is 2.59. The number of hydrogen-bond acceptors (Lipinski definition) is 4. The van der Waals surface area contributed by atoms with E-state index in [4.69, 9.17) is 0 Å². The second kappa shape index (κ2) is 6.84. The first-order valence-electron chi connectivity index (χ1n) is 8.62. The Labute approximate surface area is 155 Å². The van der Waals surface area contributed by atoms with Gasteiger partial charge in [-0.05, 0) is 59.7 Å². The van der Waals surface area contributed by atoms with Gasteiger partial charge in [0.25, 0.3) is 5.91 Å². The van der Waals surface area contributed by atoms with Crippen molar-refractivity contribution in [1.29, 1.82) is 0 Å². The smallest absolute Gasteiger partial charge is 0.261 e. The number of rotatable bonds is 4. The Morgan fingerprint density at radius 1 is 1.00 bits per heavy atom. The highest BCUT2D eigenvalue weighted by molar-refractivity contribution is 7.17. The zero-order valence-electron chi connectivity index (χ0n) is 14.2. The number of benzene rings is 2. The molecule has 26 heavy (non-hydrogen) atoms. The molecule has 5 heteroatoms. The maximum absolute atomic E-state index is 12.5.